The summed E-state index contributed by atoms with van der Waals surface area (Å²) in [6.07, 6.45) is 5.11. The first-order valence-corrected chi connectivity index (χ1v) is 10.5. The summed E-state index contributed by atoms with van der Waals surface area (Å²) in [6.45, 7) is 1.82. The minimum Gasteiger partial charge on any atom is -0.351 e. The molecule has 2 aliphatic rings. The topological polar surface area (TPSA) is 49.4 Å². The normalized spacial score (nSPS) is 18.2. The summed E-state index contributed by atoms with van der Waals surface area (Å²) in [4.78, 5) is 27.1. The van der Waals surface area contributed by atoms with Crippen molar-refractivity contribution in [3.8, 4) is 0 Å². The Hall–Kier alpha value is -2.69. The molecule has 1 saturated heterocycles. The van der Waals surface area contributed by atoms with Crippen molar-refractivity contribution >= 4 is 11.8 Å². The van der Waals surface area contributed by atoms with Gasteiger partial charge in [-0.15, -0.1) is 0 Å². The number of hydrogen-bond donors (Lipinski definition) is 1. The zero-order valence-electron chi connectivity index (χ0n) is 16.6. The number of carbonyl (C=O) groups is 2. The molecule has 2 aromatic carbocycles. The highest BCUT2D eigenvalue weighted by Gasteiger charge is 2.42. The van der Waals surface area contributed by atoms with Crippen molar-refractivity contribution in [2.45, 2.75) is 57.0 Å². The van der Waals surface area contributed by atoms with Crippen LogP contribution in [0.5, 0.6) is 0 Å². The van der Waals surface area contributed by atoms with Crippen molar-refractivity contribution in [3.63, 3.8) is 0 Å². The summed E-state index contributed by atoms with van der Waals surface area (Å²) in [6, 6.07) is 14.3. The molecule has 1 aliphatic carbocycles. The Balaban J connectivity index is 1.49. The largest absolute Gasteiger partial charge is 0.351 e. The van der Waals surface area contributed by atoms with Crippen molar-refractivity contribution in [2.75, 3.05) is 6.54 Å². The molecule has 4 nitrogen and oxygen atoms in total. The Kier molecular flexibility index (Phi) is 5.65. The van der Waals surface area contributed by atoms with Crippen molar-refractivity contribution in [3.05, 3.63) is 71.0 Å². The van der Waals surface area contributed by atoms with E-state index in [1.165, 1.54) is 12.1 Å². The van der Waals surface area contributed by atoms with Gasteiger partial charge in [-0.25, -0.2) is 4.39 Å². The molecule has 152 valence electrons. The van der Waals surface area contributed by atoms with Gasteiger partial charge in [0.25, 0.3) is 0 Å². The highest BCUT2D eigenvalue weighted by molar-refractivity contribution is 5.88. The van der Waals surface area contributed by atoms with Gasteiger partial charge < -0.3 is 10.2 Å². The van der Waals surface area contributed by atoms with E-state index >= 15 is 0 Å². The van der Waals surface area contributed by atoms with Crippen LogP contribution in [0.1, 0.15) is 55.2 Å². The van der Waals surface area contributed by atoms with Crippen molar-refractivity contribution in [1.29, 1.82) is 0 Å². The molecule has 2 fully saturated rings. The third-order valence-electron chi connectivity index (χ3n) is 6.38. The van der Waals surface area contributed by atoms with Crippen LogP contribution >= 0.6 is 0 Å². The summed E-state index contributed by atoms with van der Waals surface area (Å²) in [5, 5.41) is 3.14. The van der Waals surface area contributed by atoms with Gasteiger partial charge in [0.05, 0.1) is 5.41 Å². The Morgan fingerprint density at radius 1 is 1.00 bits per heavy atom. The molecule has 0 radical (unpaired) electrons. The monoisotopic (exact) mass is 394 g/mol. The standard InChI is InChI=1S/C24H27FN2O2/c25-21-11-9-20(10-12-21)24(13-3-4-14-24)23(29)26-16-18-6-1-2-7-19(18)17-27-15-5-8-22(27)28/h1-2,6-7,9-12H,3-5,8,13-17H2,(H,26,29). The smallest absolute Gasteiger partial charge is 0.230 e. The number of rotatable bonds is 6. The summed E-state index contributed by atoms with van der Waals surface area (Å²) in [7, 11) is 0. The average molecular weight is 394 g/mol. The minimum atomic E-state index is -0.576. The first-order valence-electron chi connectivity index (χ1n) is 10.5. The fourth-order valence-electron chi connectivity index (χ4n) is 4.70. The lowest BCUT2D eigenvalue weighted by molar-refractivity contribution is -0.128. The molecular formula is C24H27FN2O2. The highest BCUT2D eigenvalue weighted by Crippen LogP contribution is 2.41. The fraction of sp³-hybridized carbons (Fsp3) is 0.417. The van der Waals surface area contributed by atoms with Crippen LogP contribution in [0.15, 0.2) is 48.5 Å². The molecular weight excluding hydrogens is 367 g/mol. The number of nitrogens with zero attached hydrogens (tertiary/aromatic N) is 1. The number of benzene rings is 2. The number of amides is 2. The van der Waals surface area contributed by atoms with E-state index in [4.69, 9.17) is 0 Å². The van der Waals surface area contributed by atoms with Crippen molar-refractivity contribution < 1.29 is 14.0 Å². The number of halogens is 1. The maximum atomic E-state index is 13.4. The second-order valence-corrected chi connectivity index (χ2v) is 8.17. The molecule has 0 spiro atoms. The highest BCUT2D eigenvalue weighted by atomic mass is 19.1. The van der Waals surface area contributed by atoms with E-state index in [9.17, 15) is 14.0 Å². The number of hydrogen-bond acceptors (Lipinski definition) is 2. The minimum absolute atomic E-state index is 0.00802. The molecule has 2 amide bonds. The van der Waals surface area contributed by atoms with Crippen LogP contribution in [0.3, 0.4) is 0 Å². The van der Waals surface area contributed by atoms with Gasteiger partial charge in [0.1, 0.15) is 5.82 Å². The lowest BCUT2D eigenvalue weighted by atomic mass is 9.78. The SMILES string of the molecule is O=C1CCCN1Cc1ccccc1CNC(=O)C1(c2ccc(F)cc2)CCCC1. The lowest BCUT2D eigenvalue weighted by Gasteiger charge is -2.28. The van der Waals surface area contributed by atoms with Gasteiger partial charge in [0.15, 0.2) is 0 Å². The summed E-state index contributed by atoms with van der Waals surface area (Å²) < 4.78 is 13.4. The van der Waals surface area contributed by atoms with Crippen LogP contribution in [-0.2, 0) is 28.1 Å². The zero-order valence-corrected chi connectivity index (χ0v) is 16.6. The van der Waals surface area contributed by atoms with Crippen LogP contribution in [0, 0.1) is 5.82 Å². The van der Waals surface area contributed by atoms with Crippen molar-refractivity contribution in [2.24, 2.45) is 0 Å². The molecule has 1 N–H and O–H groups in total. The van der Waals surface area contributed by atoms with Gasteiger partial charge in [-0.3, -0.25) is 9.59 Å². The van der Waals surface area contributed by atoms with E-state index in [0.717, 1.165) is 55.3 Å². The molecule has 1 saturated carbocycles. The quantitative estimate of drug-likeness (QED) is 0.803. The average Bonchev–Trinajstić information content (AvgIpc) is 3.38. The molecule has 1 aliphatic heterocycles. The van der Waals surface area contributed by atoms with E-state index in [2.05, 4.69) is 5.32 Å². The maximum Gasteiger partial charge on any atom is 0.230 e. The van der Waals surface area contributed by atoms with Gasteiger partial charge in [0.2, 0.25) is 11.8 Å². The third kappa shape index (κ3) is 4.04. The molecule has 1 heterocycles. The molecule has 29 heavy (non-hydrogen) atoms. The zero-order chi connectivity index (χ0) is 20.3. The summed E-state index contributed by atoms with van der Waals surface area (Å²) in [5.41, 5.74) is 2.43. The van der Waals surface area contributed by atoms with Crippen LogP contribution in [0.2, 0.25) is 0 Å². The van der Waals surface area contributed by atoms with Crippen LogP contribution in [-0.4, -0.2) is 23.3 Å². The Bertz CT molecular complexity index is 888. The molecule has 0 atom stereocenters. The lowest BCUT2D eigenvalue weighted by Crippen LogP contribution is -2.42. The van der Waals surface area contributed by atoms with E-state index < -0.39 is 5.41 Å². The maximum absolute atomic E-state index is 13.4. The van der Waals surface area contributed by atoms with E-state index in [0.29, 0.717) is 19.5 Å². The van der Waals surface area contributed by atoms with Crippen LogP contribution in [0.25, 0.3) is 0 Å². The van der Waals surface area contributed by atoms with E-state index in [1.807, 2.05) is 29.2 Å². The van der Waals surface area contributed by atoms with Gasteiger partial charge >= 0.3 is 0 Å². The van der Waals surface area contributed by atoms with E-state index in [-0.39, 0.29) is 17.6 Å². The molecule has 0 unspecified atom stereocenters. The molecule has 0 aromatic heterocycles. The Labute approximate surface area is 171 Å². The second kappa shape index (κ2) is 8.36. The first kappa shape index (κ1) is 19.6. The predicted octanol–water partition coefficient (Wildman–Crippen LogP) is 4.08. The van der Waals surface area contributed by atoms with Gasteiger partial charge in [-0.1, -0.05) is 49.2 Å². The molecule has 2 aromatic rings. The molecule has 4 rings (SSSR count). The van der Waals surface area contributed by atoms with Gasteiger partial charge in [-0.05, 0) is 48.1 Å². The molecule has 0 bridgehead atoms. The van der Waals surface area contributed by atoms with Gasteiger partial charge in [-0.2, -0.15) is 0 Å². The summed E-state index contributed by atoms with van der Waals surface area (Å²) in [5.74, 6) is -0.0774. The first-order chi connectivity index (χ1) is 14.1. The Morgan fingerprint density at radius 2 is 1.69 bits per heavy atom. The van der Waals surface area contributed by atoms with Crippen LogP contribution in [0.4, 0.5) is 4.39 Å². The second-order valence-electron chi connectivity index (χ2n) is 8.17. The predicted molar refractivity (Wildman–Crippen MR) is 109 cm³/mol. The number of nitrogens with one attached hydrogen (secondary N) is 1. The molecule has 5 heteroatoms. The number of likely N-dealkylation sites (tertiary alicyclic amines) is 1. The fourth-order valence-corrected chi connectivity index (χ4v) is 4.70. The van der Waals surface area contributed by atoms with Crippen LogP contribution < -0.4 is 5.32 Å². The van der Waals surface area contributed by atoms with Crippen molar-refractivity contribution in [1.82, 2.24) is 10.2 Å². The number of carbonyl (C=O) groups excluding carboxylic acids is 2. The van der Waals surface area contributed by atoms with Gasteiger partial charge in [0, 0.05) is 26.1 Å². The Morgan fingerprint density at radius 3 is 2.34 bits per heavy atom. The third-order valence-corrected chi connectivity index (χ3v) is 6.38. The summed E-state index contributed by atoms with van der Waals surface area (Å²) >= 11 is 0. The van der Waals surface area contributed by atoms with E-state index in [1.54, 1.807) is 12.1 Å².